The van der Waals surface area contributed by atoms with Crippen molar-refractivity contribution in [2.75, 3.05) is 0 Å². The van der Waals surface area contributed by atoms with Crippen LogP contribution >= 0.6 is 0 Å². The molecule has 3 nitrogen and oxygen atoms in total. The molecule has 263 valence electrons. The third-order valence-corrected chi connectivity index (χ3v) is 9.75. The molecule has 0 unspecified atom stereocenters. The summed E-state index contributed by atoms with van der Waals surface area (Å²) < 4.78 is 0. The molecule has 9 aromatic rings. The molecule has 0 fully saturated rings. The normalized spacial score (nSPS) is 10.7. The van der Waals surface area contributed by atoms with E-state index in [1.54, 1.807) is 6.20 Å². The number of pyridine rings is 3. The van der Waals surface area contributed by atoms with Crippen LogP contribution in [0.15, 0.2) is 170 Å². The molecule has 3 heterocycles. The van der Waals surface area contributed by atoms with E-state index in [-0.39, 0.29) is 20.1 Å². The van der Waals surface area contributed by atoms with Crippen LogP contribution in [0.1, 0.15) is 16.7 Å². The molecule has 0 saturated heterocycles. The zero-order valence-electron chi connectivity index (χ0n) is 30.3. The molecule has 0 saturated carbocycles. The van der Waals surface area contributed by atoms with Gasteiger partial charge in [-0.15, -0.1) is 71.3 Å². The third-order valence-electron chi connectivity index (χ3n) is 9.75. The molecule has 0 bridgehead atoms. The van der Waals surface area contributed by atoms with Crippen molar-refractivity contribution in [2.24, 2.45) is 0 Å². The molecule has 0 aliphatic heterocycles. The Morgan fingerprint density at radius 2 is 1.11 bits per heavy atom. The molecular weight excluding hydrogens is 835 g/mol. The number of hydrogen-bond donors (Lipinski definition) is 0. The Bertz CT molecular complexity index is 2640. The van der Waals surface area contributed by atoms with Gasteiger partial charge in [-0.3, -0.25) is 4.98 Å². The molecule has 0 amide bonds. The van der Waals surface area contributed by atoms with Gasteiger partial charge in [-0.05, 0) is 118 Å². The van der Waals surface area contributed by atoms with E-state index in [0.717, 1.165) is 28.0 Å². The summed E-state index contributed by atoms with van der Waals surface area (Å²) in [5.41, 5.74) is 16.1. The molecule has 0 aliphatic carbocycles. The van der Waals surface area contributed by atoms with Gasteiger partial charge in [-0.1, -0.05) is 78.9 Å². The minimum atomic E-state index is 0. The van der Waals surface area contributed by atoms with Crippen molar-refractivity contribution in [3.8, 4) is 55.9 Å². The first-order chi connectivity index (χ1) is 26.0. The topological polar surface area (TPSA) is 38.7 Å². The Kier molecular flexibility index (Phi) is 11.0. The van der Waals surface area contributed by atoms with E-state index in [4.69, 9.17) is 4.98 Å². The first kappa shape index (κ1) is 36.3. The monoisotopic (exact) mass is 872 g/mol. The number of fused-ring (bicyclic) bond motifs is 3. The van der Waals surface area contributed by atoms with E-state index < -0.39 is 0 Å². The quantitative estimate of drug-likeness (QED) is 0.128. The SMILES string of the molecule is Cc1cc(C)c(-c2cc3ncccc3c3ccc(-c4ccccc4)cc23)c(C)c1-c1cc[c-]c(-c2ccccn2)c1.[Ir].[c-]1ccccc1-c1ccccn1. The predicted octanol–water partition coefficient (Wildman–Crippen LogP) is 12.7. The number of nitrogens with zero attached hydrogens (tertiary/aromatic N) is 3. The molecule has 0 atom stereocenters. The van der Waals surface area contributed by atoms with Crippen LogP contribution in [-0.2, 0) is 20.1 Å². The van der Waals surface area contributed by atoms with Crippen LogP contribution in [-0.4, -0.2) is 15.0 Å². The van der Waals surface area contributed by atoms with E-state index in [1.807, 2.05) is 85.2 Å². The average molecular weight is 872 g/mol. The Morgan fingerprint density at radius 3 is 1.83 bits per heavy atom. The van der Waals surface area contributed by atoms with Crippen molar-refractivity contribution in [2.45, 2.75) is 20.8 Å². The van der Waals surface area contributed by atoms with Gasteiger partial charge in [0.1, 0.15) is 0 Å². The largest absolute Gasteiger partial charge is 0.305 e. The molecule has 54 heavy (non-hydrogen) atoms. The van der Waals surface area contributed by atoms with E-state index in [9.17, 15) is 0 Å². The second-order valence-electron chi connectivity index (χ2n) is 13.2. The fraction of sp³-hybridized carbons (Fsp3) is 0.0600. The summed E-state index contributed by atoms with van der Waals surface area (Å²) in [6, 6.07) is 58.9. The van der Waals surface area contributed by atoms with Crippen molar-refractivity contribution in [3.63, 3.8) is 0 Å². The van der Waals surface area contributed by atoms with Gasteiger partial charge in [0.05, 0.1) is 5.52 Å². The molecule has 4 heteroatoms. The van der Waals surface area contributed by atoms with E-state index in [1.165, 1.54) is 66.2 Å². The Hall–Kier alpha value is -6.06. The second kappa shape index (κ2) is 16.3. The van der Waals surface area contributed by atoms with Crippen LogP contribution in [0.5, 0.6) is 0 Å². The predicted molar refractivity (Wildman–Crippen MR) is 220 cm³/mol. The molecule has 3 aromatic heterocycles. The number of benzene rings is 6. The van der Waals surface area contributed by atoms with Gasteiger partial charge in [-0.2, -0.15) is 0 Å². The van der Waals surface area contributed by atoms with E-state index in [2.05, 4.69) is 122 Å². The minimum Gasteiger partial charge on any atom is -0.305 e. The van der Waals surface area contributed by atoms with Crippen LogP contribution < -0.4 is 0 Å². The number of hydrogen-bond acceptors (Lipinski definition) is 3. The number of aromatic nitrogens is 3. The molecule has 0 N–H and O–H groups in total. The van der Waals surface area contributed by atoms with Crippen molar-refractivity contribution in [1.29, 1.82) is 0 Å². The number of aryl methyl sites for hydroxylation is 2. The van der Waals surface area contributed by atoms with Gasteiger partial charge in [0.2, 0.25) is 0 Å². The first-order valence-corrected chi connectivity index (χ1v) is 17.8. The summed E-state index contributed by atoms with van der Waals surface area (Å²) in [7, 11) is 0. The molecule has 0 aliphatic rings. The third kappa shape index (κ3) is 7.40. The molecule has 0 spiro atoms. The molecule has 1 radical (unpaired) electrons. The van der Waals surface area contributed by atoms with E-state index in [0.29, 0.717) is 0 Å². The molecule has 9 rings (SSSR count). The van der Waals surface area contributed by atoms with Crippen LogP contribution in [0.3, 0.4) is 0 Å². The zero-order valence-corrected chi connectivity index (χ0v) is 32.7. The zero-order chi connectivity index (χ0) is 36.1. The maximum Gasteiger partial charge on any atom is 0.0714 e. The van der Waals surface area contributed by atoms with Gasteiger partial charge in [0, 0.05) is 44.1 Å². The standard InChI is InChI=1S/C39H29N2.C11H8N.Ir/c1-25-21-26(2)39(27(3)38(25)31-14-9-13-30(22-31)36-16-7-8-19-40-36)35-24-37-33(15-10-20-41-37)32-18-17-29(23-34(32)35)28-11-5-4-6-12-28;1-2-6-10(7-3-1)11-8-4-5-9-12-11;/h4-12,14-24H,1-3H3;1-6,8-9H;/q2*-1;. The summed E-state index contributed by atoms with van der Waals surface area (Å²) in [5, 5.41) is 3.63. The summed E-state index contributed by atoms with van der Waals surface area (Å²) in [6.45, 7) is 6.70. The summed E-state index contributed by atoms with van der Waals surface area (Å²) in [6.07, 6.45) is 5.51. The first-order valence-electron chi connectivity index (χ1n) is 17.8. The van der Waals surface area contributed by atoms with Crippen LogP contribution in [0.4, 0.5) is 0 Å². The van der Waals surface area contributed by atoms with Crippen molar-refractivity contribution >= 4 is 21.7 Å². The Morgan fingerprint density at radius 1 is 0.426 bits per heavy atom. The summed E-state index contributed by atoms with van der Waals surface area (Å²) in [5.74, 6) is 0. The van der Waals surface area contributed by atoms with Crippen molar-refractivity contribution in [3.05, 3.63) is 199 Å². The van der Waals surface area contributed by atoms with Crippen LogP contribution in [0.2, 0.25) is 0 Å². The number of rotatable bonds is 5. The van der Waals surface area contributed by atoms with E-state index >= 15 is 0 Å². The smallest absolute Gasteiger partial charge is 0.0714 e. The Labute approximate surface area is 330 Å². The van der Waals surface area contributed by atoms with Gasteiger partial charge < -0.3 is 9.97 Å². The maximum atomic E-state index is 4.79. The summed E-state index contributed by atoms with van der Waals surface area (Å²) in [4.78, 5) is 13.6. The van der Waals surface area contributed by atoms with Gasteiger partial charge in [0.25, 0.3) is 0 Å². The fourth-order valence-corrected chi connectivity index (χ4v) is 7.40. The molecule has 6 aromatic carbocycles. The minimum absolute atomic E-state index is 0. The maximum absolute atomic E-state index is 4.79. The van der Waals surface area contributed by atoms with Gasteiger partial charge in [0.15, 0.2) is 0 Å². The second-order valence-corrected chi connectivity index (χ2v) is 13.2. The Balaban J connectivity index is 0.000000294. The summed E-state index contributed by atoms with van der Waals surface area (Å²) >= 11 is 0. The fourth-order valence-electron chi connectivity index (χ4n) is 7.40. The van der Waals surface area contributed by atoms with Crippen molar-refractivity contribution < 1.29 is 20.1 Å². The van der Waals surface area contributed by atoms with Crippen LogP contribution in [0, 0.1) is 32.9 Å². The molecular formula is C50H37IrN3-2. The average Bonchev–Trinajstić information content (AvgIpc) is 3.22. The van der Waals surface area contributed by atoms with Gasteiger partial charge in [-0.25, -0.2) is 0 Å². The van der Waals surface area contributed by atoms with Crippen LogP contribution in [0.25, 0.3) is 77.6 Å². The van der Waals surface area contributed by atoms with Gasteiger partial charge >= 0.3 is 0 Å². The van der Waals surface area contributed by atoms with Crippen molar-refractivity contribution in [1.82, 2.24) is 15.0 Å².